The fraction of sp³-hybridized carbons (Fsp3) is 0.333. The van der Waals surface area contributed by atoms with Crippen molar-refractivity contribution in [2.24, 2.45) is 0 Å². The SMILES string of the molecule is C.COCCl.COCOc1ccc2c(c1)OCO2.Cc1c(O)ccc2c1OCO2.Oc1ccc2c(c1)OCO2. The quantitative estimate of drug-likeness (QED) is 0.310. The third-order valence-corrected chi connectivity index (χ3v) is 5.13. The maximum atomic E-state index is 9.25. The predicted molar refractivity (Wildman–Crippen MR) is 143 cm³/mol. The van der Waals surface area contributed by atoms with Gasteiger partial charge in [0.1, 0.15) is 23.3 Å². The van der Waals surface area contributed by atoms with Crippen LogP contribution in [0.5, 0.6) is 51.7 Å². The summed E-state index contributed by atoms with van der Waals surface area (Å²) < 4.78 is 44.9. The first-order chi connectivity index (χ1) is 18.5. The van der Waals surface area contributed by atoms with Crippen LogP contribution in [0.4, 0.5) is 0 Å². The zero-order chi connectivity index (χ0) is 27.3. The molecular formula is C27H33ClO11. The van der Waals surface area contributed by atoms with Crippen molar-refractivity contribution in [1.29, 1.82) is 0 Å². The van der Waals surface area contributed by atoms with Gasteiger partial charge in [-0.25, -0.2) is 0 Å². The molecule has 0 saturated carbocycles. The summed E-state index contributed by atoms with van der Waals surface area (Å²) in [6.45, 7) is 2.81. The Morgan fingerprint density at radius 2 is 1.26 bits per heavy atom. The highest BCUT2D eigenvalue weighted by atomic mass is 35.5. The normalized spacial score (nSPS) is 12.4. The second-order valence-corrected chi connectivity index (χ2v) is 7.66. The highest BCUT2D eigenvalue weighted by molar-refractivity contribution is 6.17. The van der Waals surface area contributed by atoms with Crippen molar-refractivity contribution in [3.8, 4) is 51.7 Å². The van der Waals surface area contributed by atoms with Crippen LogP contribution in [-0.4, -0.2) is 57.7 Å². The Labute approximate surface area is 232 Å². The molecule has 0 aromatic heterocycles. The molecule has 3 aliphatic rings. The molecule has 0 radical (unpaired) electrons. The molecule has 2 N–H and O–H groups in total. The number of methoxy groups -OCH3 is 2. The maximum Gasteiger partial charge on any atom is 0.231 e. The van der Waals surface area contributed by atoms with E-state index in [-0.39, 0.29) is 46.1 Å². The van der Waals surface area contributed by atoms with Gasteiger partial charge in [0.05, 0.1) is 0 Å². The van der Waals surface area contributed by atoms with Crippen LogP contribution in [0.25, 0.3) is 0 Å². The van der Waals surface area contributed by atoms with Gasteiger partial charge >= 0.3 is 0 Å². The lowest BCUT2D eigenvalue weighted by Gasteiger charge is -2.04. The molecule has 3 aromatic rings. The molecule has 3 aromatic carbocycles. The van der Waals surface area contributed by atoms with E-state index in [4.69, 9.17) is 54.6 Å². The number of ether oxygens (including phenoxy) is 9. The van der Waals surface area contributed by atoms with E-state index in [1.807, 2.05) is 12.1 Å². The average Bonchev–Trinajstić information content (AvgIpc) is 3.71. The lowest BCUT2D eigenvalue weighted by Crippen LogP contribution is -1.98. The number of fused-ring (bicyclic) bond motifs is 3. The molecule has 0 spiro atoms. The smallest absolute Gasteiger partial charge is 0.231 e. The number of phenols is 2. The molecule has 0 unspecified atom stereocenters. The summed E-state index contributed by atoms with van der Waals surface area (Å²) in [5.41, 5.74) is 0.736. The van der Waals surface area contributed by atoms with Crippen molar-refractivity contribution in [3.63, 3.8) is 0 Å². The highest BCUT2D eigenvalue weighted by Crippen LogP contribution is 2.39. The first kappa shape index (κ1) is 31.3. The van der Waals surface area contributed by atoms with E-state index in [1.165, 1.54) is 6.07 Å². The fourth-order valence-electron chi connectivity index (χ4n) is 3.08. The predicted octanol–water partition coefficient (Wildman–Crippen LogP) is 5.41. The van der Waals surface area contributed by atoms with E-state index in [9.17, 15) is 5.11 Å². The van der Waals surface area contributed by atoms with E-state index < -0.39 is 0 Å². The van der Waals surface area contributed by atoms with Gasteiger partial charge < -0.3 is 52.8 Å². The van der Waals surface area contributed by atoms with Crippen molar-refractivity contribution in [3.05, 3.63) is 54.1 Å². The molecule has 0 atom stereocenters. The molecule has 0 aliphatic carbocycles. The molecule has 0 fully saturated rings. The average molecular weight is 569 g/mol. The fourth-order valence-corrected chi connectivity index (χ4v) is 3.08. The van der Waals surface area contributed by atoms with Crippen molar-refractivity contribution in [1.82, 2.24) is 0 Å². The van der Waals surface area contributed by atoms with E-state index in [1.54, 1.807) is 51.5 Å². The van der Waals surface area contributed by atoms with Gasteiger partial charge in [-0.1, -0.05) is 19.0 Å². The first-order valence-corrected chi connectivity index (χ1v) is 11.7. The van der Waals surface area contributed by atoms with Gasteiger partial charge in [-0.3, -0.25) is 0 Å². The van der Waals surface area contributed by atoms with Crippen LogP contribution in [0, 0.1) is 6.92 Å². The zero-order valence-corrected chi connectivity index (χ0v) is 21.9. The first-order valence-electron chi connectivity index (χ1n) is 11.2. The summed E-state index contributed by atoms with van der Waals surface area (Å²) in [6.07, 6.45) is 0. The summed E-state index contributed by atoms with van der Waals surface area (Å²) in [7, 11) is 3.12. The lowest BCUT2D eigenvalue weighted by molar-refractivity contribution is 0.0510. The Kier molecular flexibility index (Phi) is 12.9. The molecule has 0 saturated heterocycles. The van der Waals surface area contributed by atoms with Crippen LogP contribution in [0.3, 0.4) is 0 Å². The van der Waals surface area contributed by atoms with Crippen molar-refractivity contribution in [2.45, 2.75) is 14.4 Å². The van der Waals surface area contributed by atoms with E-state index in [2.05, 4.69) is 4.74 Å². The Morgan fingerprint density at radius 3 is 1.90 bits per heavy atom. The van der Waals surface area contributed by atoms with Crippen LogP contribution in [0.1, 0.15) is 13.0 Å². The van der Waals surface area contributed by atoms with Crippen LogP contribution >= 0.6 is 11.6 Å². The number of phenolic OH excluding ortho intramolecular Hbond substituents is 2. The topological polar surface area (TPSA) is 124 Å². The van der Waals surface area contributed by atoms with Gasteiger partial charge in [-0.15, -0.1) is 0 Å². The molecule has 214 valence electrons. The van der Waals surface area contributed by atoms with Crippen LogP contribution in [0.2, 0.25) is 0 Å². The number of hydrogen-bond acceptors (Lipinski definition) is 11. The Morgan fingerprint density at radius 1 is 0.718 bits per heavy atom. The summed E-state index contributed by atoms with van der Waals surface area (Å²) in [5.74, 6) is 5.30. The molecule has 0 amide bonds. The Bertz CT molecular complexity index is 1170. The molecule has 3 heterocycles. The van der Waals surface area contributed by atoms with Gasteiger partial charge in [0, 0.05) is 31.9 Å². The number of aromatic hydroxyl groups is 2. The zero-order valence-electron chi connectivity index (χ0n) is 21.1. The summed E-state index contributed by atoms with van der Waals surface area (Å²) >= 11 is 4.96. The van der Waals surface area contributed by atoms with Crippen molar-refractivity contribution < 1.29 is 52.8 Å². The van der Waals surface area contributed by atoms with Crippen LogP contribution < -0.4 is 33.2 Å². The van der Waals surface area contributed by atoms with E-state index in [0.29, 0.717) is 40.6 Å². The lowest BCUT2D eigenvalue weighted by atomic mass is 10.2. The maximum absolute atomic E-state index is 9.25. The molecular weight excluding hydrogens is 536 g/mol. The molecule has 6 rings (SSSR count). The van der Waals surface area contributed by atoms with Crippen LogP contribution in [-0.2, 0) is 9.47 Å². The third-order valence-electron chi connectivity index (χ3n) is 4.91. The minimum atomic E-state index is 0. The molecule has 39 heavy (non-hydrogen) atoms. The van der Waals surface area contributed by atoms with E-state index >= 15 is 0 Å². The number of alkyl halides is 1. The largest absolute Gasteiger partial charge is 0.508 e. The Hall–Kier alpha value is -3.93. The van der Waals surface area contributed by atoms with Gasteiger partial charge in [0.25, 0.3) is 0 Å². The number of hydrogen-bond donors (Lipinski definition) is 2. The van der Waals surface area contributed by atoms with Crippen molar-refractivity contribution >= 4 is 11.6 Å². The molecule has 0 bridgehead atoms. The van der Waals surface area contributed by atoms with Gasteiger partial charge in [-0.05, 0) is 43.3 Å². The van der Waals surface area contributed by atoms with Crippen molar-refractivity contribution in [2.75, 3.05) is 47.5 Å². The third kappa shape index (κ3) is 9.10. The second-order valence-electron chi connectivity index (χ2n) is 7.44. The summed E-state index contributed by atoms with van der Waals surface area (Å²) in [5, 5.41) is 18.2. The standard InChI is InChI=1S/C9H10O4.C8H8O3.C7H6O3.C2H5ClO.CH4/c1-10-5-11-7-2-3-8-9(4-7)13-6-12-8;1-5-6(9)2-3-7-8(5)11-4-10-7;8-5-1-2-6-7(3-5)10-4-9-6;1-4-2-3;/h2-4H,5-6H2,1H3;2-3,9H,4H2,1H3;1-3,8H,4H2;2H2,1H3;1H4. The summed E-state index contributed by atoms with van der Waals surface area (Å²) in [6, 6.07) is 13.8. The van der Waals surface area contributed by atoms with Crippen LogP contribution in [0.15, 0.2) is 48.5 Å². The van der Waals surface area contributed by atoms with Gasteiger partial charge in [-0.2, -0.15) is 0 Å². The van der Waals surface area contributed by atoms with Gasteiger partial charge in [0.15, 0.2) is 41.3 Å². The molecule has 3 aliphatic heterocycles. The summed E-state index contributed by atoms with van der Waals surface area (Å²) in [4.78, 5) is 0. The molecule has 11 nitrogen and oxygen atoms in total. The second kappa shape index (κ2) is 16.1. The monoisotopic (exact) mass is 568 g/mol. The minimum absolute atomic E-state index is 0. The molecule has 12 heteroatoms. The van der Waals surface area contributed by atoms with Gasteiger partial charge in [0.2, 0.25) is 20.4 Å². The number of halogens is 1. The number of benzene rings is 3. The highest BCUT2D eigenvalue weighted by Gasteiger charge is 2.17. The number of rotatable bonds is 4. The van der Waals surface area contributed by atoms with E-state index in [0.717, 1.165) is 11.3 Å². The Balaban J connectivity index is 0.000000191. The minimum Gasteiger partial charge on any atom is -0.508 e.